The molecule has 1 unspecified atom stereocenters. The standard InChI is InChI=1S/C58H79N19O10S2.C2HF3O2/c1-3-4-14-40-51(82)72-41(16-9-20-65-57(60)61)53(84)77-45(25-37-27-64-31-69-37)55(86)75-43(23-33-18-19-34-11-5-6-12-35(34)22-33)54(85)73-42(17-10-21-66-58(62)63)52(83)76-44(24-36-26-67-39-15-8-7-13-38(36)39)50(81)68-28-48(79)71-46(49(59)80)29-88-89-30-47(56(87)74-40)70-32(2)78;3-2(4,5)1(6)7/h5-8,11-13,15,18-19,22,26-27,31,40-47,67H,3-4,9-10,14,16-17,20-21,23-25,28-30H2,1-2H3,(H2,59,80)(H,64,69)(H,68,81)(H,70,78)(H,71,79)(H,72,82)(H,73,85)(H,74,87)(H,75,86)(H,76,83)(H,77,84)(H4,60,61,65)(H4,62,63,66);(H,6,7)/t40-,41-,42-,43+,44-,45?,46-,47-;/m0./s1. The molecule has 22 N–H and O–H groups in total. The molecule has 0 spiro atoms. The second-order valence-corrected chi connectivity index (χ2v) is 24.6. The van der Waals surface area contributed by atoms with Gasteiger partial charge in [-0.3, -0.25) is 57.9 Å². The molecule has 1 saturated heterocycles. The number of fused-ring (bicyclic) bond motifs is 2. The van der Waals surface area contributed by atoms with Gasteiger partial charge in [0.15, 0.2) is 11.9 Å². The van der Waals surface area contributed by atoms with E-state index in [9.17, 15) is 51.5 Å². The number of carbonyl (C=O) groups excluding carboxylic acids is 10. The second-order valence-electron chi connectivity index (χ2n) is 22.0. The summed E-state index contributed by atoms with van der Waals surface area (Å²) >= 11 is 0. The van der Waals surface area contributed by atoms with Crippen molar-refractivity contribution in [1.82, 2.24) is 62.8 Å². The number of nitrogens with two attached hydrogens (primary N) is 5. The molecule has 5 aromatic rings. The van der Waals surface area contributed by atoms with E-state index in [-0.39, 0.29) is 87.9 Å². The van der Waals surface area contributed by atoms with E-state index in [1.165, 1.54) is 19.4 Å². The van der Waals surface area contributed by atoms with Crippen molar-refractivity contribution in [2.45, 2.75) is 133 Å². The number of aliphatic carboxylic acids is 1. The molecule has 6 rings (SSSR count). The molecule has 520 valence electrons. The van der Waals surface area contributed by atoms with Crippen molar-refractivity contribution in [2.24, 2.45) is 38.7 Å². The number of aliphatic imine (C=N–C) groups is 2. The number of unbranched alkanes of at least 4 members (excludes halogenated alkanes) is 1. The number of primary amides is 1. The zero-order chi connectivity index (χ0) is 70.5. The van der Waals surface area contributed by atoms with E-state index in [1.54, 1.807) is 18.3 Å². The Hall–Kier alpha value is -10.1. The summed E-state index contributed by atoms with van der Waals surface area (Å²) in [7, 11) is 2.08. The van der Waals surface area contributed by atoms with Crippen LogP contribution in [0, 0.1) is 0 Å². The predicted octanol–water partition coefficient (Wildman–Crippen LogP) is -1.10. The summed E-state index contributed by atoms with van der Waals surface area (Å²) in [5.41, 5.74) is 30.5. The highest BCUT2D eigenvalue weighted by molar-refractivity contribution is 8.76. The number of halogens is 3. The van der Waals surface area contributed by atoms with Crippen LogP contribution in [0.4, 0.5) is 13.2 Å². The third-order valence-electron chi connectivity index (χ3n) is 14.5. The zero-order valence-electron chi connectivity index (χ0n) is 52.4. The molecule has 0 bridgehead atoms. The van der Waals surface area contributed by atoms with Crippen molar-refractivity contribution in [3.05, 3.63) is 102 Å². The minimum absolute atomic E-state index is 0.0213. The van der Waals surface area contributed by atoms with Crippen LogP contribution < -0.4 is 76.5 Å². The first-order valence-corrected chi connectivity index (χ1v) is 32.7. The number of carbonyl (C=O) groups is 11. The summed E-state index contributed by atoms with van der Waals surface area (Å²) in [5, 5.41) is 33.8. The number of rotatable bonds is 19. The van der Waals surface area contributed by atoms with E-state index in [0.29, 0.717) is 29.7 Å². The molecule has 10 amide bonds. The number of benzene rings is 3. The number of hydrogen-bond acceptors (Lipinski definition) is 16. The third kappa shape index (κ3) is 26.0. The highest BCUT2D eigenvalue weighted by atomic mass is 33.1. The Morgan fingerprint density at radius 1 is 0.625 bits per heavy atom. The number of hydrogen-bond donors (Lipinski definition) is 17. The van der Waals surface area contributed by atoms with Gasteiger partial charge in [-0.05, 0) is 60.1 Å². The minimum atomic E-state index is -5.08. The molecule has 36 heteroatoms. The molecule has 0 radical (unpaired) electrons. The summed E-state index contributed by atoms with van der Waals surface area (Å²) in [6.45, 7) is 2.44. The highest BCUT2D eigenvalue weighted by Gasteiger charge is 2.39. The fourth-order valence-corrected chi connectivity index (χ4v) is 12.0. The van der Waals surface area contributed by atoms with Crippen molar-refractivity contribution >= 4 is 120 Å². The fourth-order valence-electron chi connectivity index (χ4n) is 9.61. The number of carboxylic acids is 1. The van der Waals surface area contributed by atoms with Crippen LogP contribution in [0.1, 0.15) is 75.6 Å². The van der Waals surface area contributed by atoms with Gasteiger partial charge < -0.3 is 91.6 Å². The Labute approximate surface area is 556 Å². The van der Waals surface area contributed by atoms with Gasteiger partial charge >= 0.3 is 12.1 Å². The molecule has 31 nitrogen and oxygen atoms in total. The van der Waals surface area contributed by atoms with Crippen LogP contribution in [0.25, 0.3) is 21.7 Å². The van der Waals surface area contributed by atoms with E-state index in [2.05, 4.69) is 72.8 Å². The average molecular weight is 1380 g/mol. The molecule has 8 atom stereocenters. The average Bonchev–Trinajstić information content (AvgIpc) is 1.61. The maximum Gasteiger partial charge on any atom is 0.490 e. The minimum Gasteiger partial charge on any atom is -0.475 e. The lowest BCUT2D eigenvalue weighted by Crippen LogP contribution is -2.61. The molecule has 3 aromatic carbocycles. The van der Waals surface area contributed by atoms with Crippen LogP contribution in [0.2, 0.25) is 0 Å². The molecule has 3 heterocycles. The SMILES string of the molecule is CCCC[C@@H]1NC(=O)[C@@H](NC(C)=O)CSSC[C@@H](C(N)=O)NC(=O)CNC(=O)[C@H](Cc2c[nH]c3ccccc23)NC(=O)[C@H](CCCN=C(N)N)NC(=O)[C@@H](Cc2ccc3ccccc3c2)NC(=O)C(Cc2cnc[nH]2)NC(=O)[C@H](CCCN=C(N)N)NC1=O.O=C(O)C(F)(F)F. The largest absolute Gasteiger partial charge is 0.490 e. The van der Waals surface area contributed by atoms with Gasteiger partial charge in [-0.25, -0.2) is 9.78 Å². The molecule has 0 saturated carbocycles. The Morgan fingerprint density at radius 3 is 1.68 bits per heavy atom. The van der Waals surface area contributed by atoms with Crippen molar-refractivity contribution < 1.29 is 71.0 Å². The van der Waals surface area contributed by atoms with E-state index < -0.39 is 126 Å². The number of aromatic amines is 2. The highest BCUT2D eigenvalue weighted by Crippen LogP contribution is 2.24. The maximum absolute atomic E-state index is 15.1. The van der Waals surface area contributed by atoms with Crippen molar-refractivity contribution in [3.63, 3.8) is 0 Å². The molecular formula is C60H80F3N19O12S2. The third-order valence-corrected chi connectivity index (χ3v) is 16.9. The lowest BCUT2D eigenvalue weighted by molar-refractivity contribution is -0.192. The first-order chi connectivity index (χ1) is 45.6. The van der Waals surface area contributed by atoms with E-state index in [1.807, 2.05) is 61.5 Å². The number of carboxylic acid groups (broad SMARTS) is 1. The lowest BCUT2D eigenvalue weighted by atomic mass is 9.99. The first-order valence-electron chi connectivity index (χ1n) is 30.2. The van der Waals surface area contributed by atoms with Crippen molar-refractivity contribution in [2.75, 3.05) is 31.1 Å². The van der Waals surface area contributed by atoms with Crippen LogP contribution in [0.3, 0.4) is 0 Å². The van der Waals surface area contributed by atoms with E-state index in [4.69, 9.17) is 38.6 Å². The number of guanidine groups is 2. The summed E-state index contributed by atoms with van der Waals surface area (Å²) in [4.78, 5) is 169. The number of nitrogens with one attached hydrogen (secondary N) is 11. The van der Waals surface area contributed by atoms with Crippen molar-refractivity contribution in [1.29, 1.82) is 0 Å². The lowest BCUT2D eigenvalue weighted by Gasteiger charge is -2.28. The Kier molecular flexibility index (Phi) is 30.5. The van der Waals surface area contributed by atoms with Gasteiger partial charge in [0, 0.05) is 79.8 Å². The molecule has 96 heavy (non-hydrogen) atoms. The van der Waals surface area contributed by atoms with Crippen LogP contribution >= 0.6 is 21.6 Å². The van der Waals surface area contributed by atoms with Gasteiger partial charge in [0.05, 0.1) is 12.9 Å². The number of amides is 10. The summed E-state index contributed by atoms with van der Waals surface area (Å²) in [6.07, 6.45) is 0.0945. The number of aromatic nitrogens is 3. The zero-order valence-corrected chi connectivity index (χ0v) is 54.1. The fraction of sp³-hybridized carbons (Fsp3) is 0.433. The molecule has 1 aliphatic rings. The van der Waals surface area contributed by atoms with Gasteiger partial charge in [-0.2, -0.15) is 13.2 Å². The molecule has 2 aromatic heterocycles. The number of imidazole rings is 1. The second kappa shape index (κ2) is 38.3. The molecule has 1 aliphatic heterocycles. The monoisotopic (exact) mass is 1380 g/mol. The van der Waals surface area contributed by atoms with Crippen LogP contribution in [-0.4, -0.2) is 183 Å². The number of nitrogens with zero attached hydrogens (tertiary/aromatic N) is 3. The van der Waals surface area contributed by atoms with Crippen molar-refractivity contribution in [3.8, 4) is 0 Å². The van der Waals surface area contributed by atoms with Gasteiger partial charge in [0.2, 0.25) is 59.1 Å². The topological polar surface area (TPSA) is 516 Å². The predicted molar refractivity (Wildman–Crippen MR) is 353 cm³/mol. The maximum atomic E-state index is 15.1. The summed E-state index contributed by atoms with van der Waals surface area (Å²) < 4.78 is 31.7. The van der Waals surface area contributed by atoms with Gasteiger partial charge in [-0.1, -0.05) is 102 Å². The van der Waals surface area contributed by atoms with Gasteiger partial charge in [-0.15, -0.1) is 0 Å². The smallest absolute Gasteiger partial charge is 0.475 e. The van der Waals surface area contributed by atoms with Gasteiger partial charge in [0.1, 0.15) is 48.3 Å². The summed E-state index contributed by atoms with van der Waals surface area (Å²) in [6, 6.07) is 9.22. The number of para-hydroxylation sites is 1. The van der Waals surface area contributed by atoms with Crippen LogP contribution in [-0.2, 0) is 72.0 Å². The molecular weight excluding hydrogens is 1300 g/mol. The molecule has 1 fully saturated rings. The van der Waals surface area contributed by atoms with Crippen LogP contribution in [0.15, 0.2) is 95.4 Å². The number of H-pyrrole nitrogens is 2. The normalized spacial score (nSPS) is 21.0. The first kappa shape index (κ1) is 76.6. The quantitative estimate of drug-likeness (QED) is 0.0202. The Balaban J connectivity index is 0.00000225. The molecule has 0 aliphatic carbocycles. The Bertz CT molecular complexity index is 3570. The summed E-state index contributed by atoms with van der Waals surface area (Å²) in [5.74, 6) is -11.6. The van der Waals surface area contributed by atoms with Gasteiger partial charge in [0.25, 0.3) is 0 Å². The van der Waals surface area contributed by atoms with E-state index in [0.717, 1.165) is 43.3 Å². The Morgan fingerprint density at radius 2 is 1.14 bits per heavy atom. The van der Waals surface area contributed by atoms with Crippen LogP contribution in [0.5, 0.6) is 0 Å². The van der Waals surface area contributed by atoms with E-state index >= 15 is 9.59 Å². The number of alkyl halides is 3.